The lowest BCUT2D eigenvalue weighted by Crippen LogP contribution is -2.35. The number of rotatable bonds is 3. The SMILES string of the molecule is CN(CCN)C1CCCCCCC1. The van der Waals surface area contributed by atoms with Crippen molar-refractivity contribution in [2.24, 2.45) is 5.73 Å². The Bertz CT molecular complexity index is 117. The van der Waals surface area contributed by atoms with Crippen LogP contribution in [0.4, 0.5) is 0 Å². The van der Waals surface area contributed by atoms with Crippen molar-refractivity contribution in [3.05, 3.63) is 0 Å². The summed E-state index contributed by atoms with van der Waals surface area (Å²) in [4.78, 5) is 2.45. The van der Waals surface area contributed by atoms with E-state index in [1.54, 1.807) is 0 Å². The van der Waals surface area contributed by atoms with Crippen LogP contribution in [0.25, 0.3) is 0 Å². The van der Waals surface area contributed by atoms with Gasteiger partial charge in [-0.1, -0.05) is 32.1 Å². The fourth-order valence-corrected chi connectivity index (χ4v) is 2.26. The standard InChI is InChI=1S/C11H24N2/c1-13(10-9-12)11-7-5-3-2-4-6-8-11/h11H,2-10,12H2,1H3. The smallest absolute Gasteiger partial charge is 0.0104 e. The van der Waals surface area contributed by atoms with Crippen LogP contribution in [-0.2, 0) is 0 Å². The zero-order valence-electron chi connectivity index (χ0n) is 8.97. The van der Waals surface area contributed by atoms with Gasteiger partial charge in [-0.2, -0.15) is 0 Å². The van der Waals surface area contributed by atoms with Crippen LogP contribution in [-0.4, -0.2) is 31.1 Å². The minimum Gasteiger partial charge on any atom is -0.329 e. The topological polar surface area (TPSA) is 29.3 Å². The first-order valence-electron chi connectivity index (χ1n) is 5.75. The maximum atomic E-state index is 5.56. The molecule has 2 nitrogen and oxygen atoms in total. The maximum Gasteiger partial charge on any atom is 0.0104 e. The van der Waals surface area contributed by atoms with E-state index in [0.29, 0.717) is 0 Å². The molecular formula is C11H24N2. The number of likely N-dealkylation sites (N-methyl/N-ethyl adjacent to an activating group) is 1. The maximum absolute atomic E-state index is 5.56. The van der Waals surface area contributed by atoms with E-state index in [-0.39, 0.29) is 0 Å². The largest absolute Gasteiger partial charge is 0.329 e. The summed E-state index contributed by atoms with van der Waals surface area (Å²) < 4.78 is 0. The molecule has 1 aliphatic rings. The van der Waals surface area contributed by atoms with Crippen molar-refractivity contribution in [3.8, 4) is 0 Å². The fourth-order valence-electron chi connectivity index (χ4n) is 2.26. The van der Waals surface area contributed by atoms with Gasteiger partial charge in [0, 0.05) is 19.1 Å². The van der Waals surface area contributed by atoms with Crippen LogP contribution in [0.5, 0.6) is 0 Å². The number of hydrogen-bond acceptors (Lipinski definition) is 2. The Kier molecular flexibility index (Phi) is 5.40. The van der Waals surface area contributed by atoms with E-state index < -0.39 is 0 Å². The Morgan fingerprint density at radius 3 is 2.15 bits per heavy atom. The van der Waals surface area contributed by atoms with Crippen LogP contribution in [0.3, 0.4) is 0 Å². The van der Waals surface area contributed by atoms with Gasteiger partial charge in [-0.25, -0.2) is 0 Å². The Balaban J connectivity index is 2.27. The van der Waals surface area contributed by atoms with E-state index in [0.717, 1.165) is 19.1 Å². The van der Waals surface area contributed by atoms with Crippen LogP contribution in [0, 0.1) is 0 Å². The molecule has 0 heterocycles. The van der Waals surface area contributed by atoms with Gasteiger partial charge in [-0.15, -0.1) is 0 Å². The predicted octanol–water partition coefficient (Wildman–Crippen LogP) is 1.99. The molecule has 13 heavy (non-hydrogen) atoms. The summed E-state index contributed by atoms with van der Waals surface area (Å²) in [5, 5.41) is 0. The molecule has 0 aromatic heterocycles. The molecule has 0 bridgehead atoms. The molecule has 0 amide bonds. The highest BCUT2D eigenvalue weighted by atomic mass is 15.1. The van der Waals surface area contributed by atoms with Gasteiger partial charge in [0.15, 0.2) is 0 Å². The van der Waals surface area contributed by atoms with Gasteiger partial charge in [0.2, 0.25) is 0 Å². The average molecular weight is 184 g/mol. The predicted molar refractivity (Wildman–Crippen MR) is 57.8 cm³/mol. The summed E-state index contributed by atoms with van der Waals surface area (Å²) >= 11 is 0. The third kappa shape index (κ3) is 4.10. The number of nitrogens with zero attached hydrogens (tertiary/aromatic N) is 1. The van der Waals surface area contributed by atoms with Crippen molar-refractivity contribution in [2.75, 3.05) is 20.1 Å². The van der Waals surface area contributed by atoms with Crippen molar-refractivity contribution in [3.63, 3.8) is 0 Å². The molecule has 0 unspecified atom stereocenters. The minimum absolute atomic E-state index is 0.799. The second-order valence-corrected chi connectivity index (χ2v) is 4.27. The van der Waals surface area contributed by atoms with E-state index in [1.807, 2.05) is 0 Å². The summed E-state index contributed by atoms with van der Waals surface area (Å²) in [6, 6.07) is 0.809. The van der Waals surface area contributed by atoms with Gasteiger partial charge in [-0.05, 0) is 19.9 Å². The molecule has 0 aliphatic heterocycles. The third-order valence-electron chi connectivity index (χ3n) is 3.18. The normalized spacial score (nSPS) is 21.5. The van der Waals surface area contributed by atoms with Crippen molar-refractivity contribution in [2.45, 2.75) is 51.0 Å². The molecule has 0 aromatic rings. The van der Waals surface area contributed by atoms with Gasteiger partial charge in [0.1, 0.15) is 0 Å². The highest BCUT2D eigenvalue weighted by Gasteiger charge is 2.14. The van der Waals surface area contributed by atoms with Crippen LogP contribution in [0.1, 0.15) is 44.9 Å². The van der Waals surface area contributed by atoms with Crippen LogP contribution < -0.4 is 5.73 Å². The molecule has 0 radical (unpaired) electrons. The molecule has 0 saturated heterocycles. The molecule has 2 N–H and O–H groups in total. The van der Waals surface area contributed by atoms with Crippen LogP contribution in [0.2, 0.25) is 0 Å². The van der Waals surface area contributed by atoms with Gasteiger partial charge < -0.3 is 10.6 Å². The second kappa shape index (κ2) is 6.39. The van der Waals surface area contributed by atoms with Crippen molar-refractivity contribution in [1.29, 1.82) is 0 Å². The summed E-state index contributed by atoms with van der Waals surface area (Å²) in [7, 11) is 2.22. The first-order chi connectivity index (χ1) is 6.34. The van der Waals surface area contributed by atoms with Gasteiger partial charge in [0.25, 0.3) is 0 Å². The molecule has 2 heteroatoms. The van der Waals surface area contributed by atoms with Crippen LogP contribution >= 0.6 is 0 Å². The van der Waals surface area contributed by atoms with E-state index in [4.69, 9.17) is 5.73 Å². The molecule has 0 atom stereocenters. The van der Waals surface area contributed by atoms with Gasteiger partial charge >= 0.3 is 0 Å². The number of hydrogen-bond donors (Lipinski definition) is 1. The molecule has 1 fully saturated rings. The molecule has 1 rings (SSSR count). The Labute approximate surface area is 82.5 Å². The third-order valence-corrected chi connectivity index (χ3v) is 3.18. The quantitative estimate of drug-likeness (QED) is 0.727. The highest BCUT2D eigenvalue weighted by Crippen LogP contribution is 2.20. The van der Waals surface area contributed by atoms with Gasteiger partial charge in [0.05, 0.1) is 0 Å². The Morgan fingerprint density at radius 1 is 1.08 bits per heavy atom. The number of nitrogens with two attached hydrogens (primary N) is 1. The first kappa shape index (κ1) is 11.0. The van der Waals surface area contributed by atoms with Crippen molar-refractivity contribution >= 4 is 0 Å². The first-order valence-corrected chi connectivity index (χ1v) is 5.75. The van der Waals surface area contributed by atoms with Gasteiger partial charge in [-0.3, -0.25) is 0 Å². The molecule has 1 aliphatic carbocycles. The summed E-state index contributed by atoms with van der Waals surface area (Å²) in [5.74, 6) is 0. The lowest BCUT2D eigenvalue weighted by Gasteiger charge is -2.29. The summed E-state index contributed by atoms with van der Waals surface area (Å²) in [5.41, 5.74) is 5.56. The molecule has 0 spiro atoms. The zero-order chi connectivity index (χ0) is 9.52. The fraction of sp³-hybridized carbons (Fsp3) is 1.00. The van der Waals surface area contributed by atoms with E-state index in [2.05, 4.69) is 11.9 Å². The Hall–Kier alpha value is -0.0800. The lowest BCUT2D eigenvalue weighted by atomic mass is 9.96. The molecular weight excluding hydrogens is 160 g/mol. The minimum atomic E-state index is 0.799. The lowest BCUT2D eigenvalue weighted by molar-refractivity contribution is 0.208. The highest BCUT2D eigenvalue weighted by molar-refractivity contribution is 4.71. The monoisotopic (exact) mass is 184 g/mol. The second-order valence-electron chi connectivity index (χ2n) is 4.27. The van der Waals surface area contributed by atoms with E-state index in [1.165, 1.54) is 44.9 Å². The Morgan fingerprint density at radius 2 is 1.62 bits per heavy atom. The summed E-state index contributed by atoms with van der Waals surface area (Å²) in [6.07, 6.45) is 9.93. The molecule has 1 saturated carbocycles. The van der Waals surface area contributed by atoms with E-state index in [9.17, 15) is 0 Å². The molecule has 78 valence electrons. The van der Waals surface area contributed by atoms with Crippen molar-refractivity contribution < 1.29 is 0 Å². The molecule has 0 aromatic carbocycles. The van der Waals surface area contributed by atoms with Crippen molar-refractivity contribution in [1.82, 2.24) is 4.90 Å². The zero-order valence-corrected chi connectivity index (χ0v) is 8.97. The van der Waals surface area contributed by atoms with E-state index >= 15 is 0 Å². The van der Waals surface area contributed by atoms with Crippen LogP contribution in [0.15, 0.2) is 0 Å². The average Bonchev–Trinajstić information content (AvgIpc) is 2.03. The summed E-state index contributed by atoms with van der Waals surface area (Å²) in [6.45, 7) is 1.86.